The van der Waals surface area contributed by atoms with E-state index in [-0.39, 0.29) is 12.1 Å². The maximum absolute atomic E-state index is 12.5. The van der Waals surface area contributed by atoms with Crippen LogP contribution in [0.4, 0.5) is 8.78 Å². The SMILES string of the molecule is NCc1c[c]cc(F)c1F. The van der Waals surface area contributed by atoms with Gasteiger partial charge in [0.15, 0.2) is 11.6 Å². The van der Waals surface area contributed by atoms with Gasteiger partial charge in [0.2, 0.25) is 0 Å². The lowest BCUT2D eigenvalue weighted by atomic mass is 10.2. The molecule has 0 aliphatic carbocycles. The van der Waals surface area contributed by atoms with Crippen molar-refractivity contribution in [3.05, 3.63) is 35.4 Å². The topological polar surface area (TPSA) is 26.0 Å². The molecular weight excluding hydrogens is 136 g/mol. The Morgan fingerprint density at radius 1 is 1.40 bits per heavy atom. The van der Waals surface area contributed by atoms with Gasteiger partial charge in [-0.2, -0.15) is 0 Å². The van der Waals surface area contributed by atoms with Crippen LogP contribution in [0.15, 0.2) is 12.1 Å². The number of hydrogen-bond donors (Lipinski definition) is 1. The van der Waals surface area contributed by atoms with Gasteiger partial charge in [0.05, 0.1) is 0 Å². The van der Waals surface area contributed by atoms with Gasteiger partial charge < -0.3 is 5.73 Å². The van der Waals surface area contributed by atoms with Crippen molar-refractivity contribution in [2.45, 2.75) is 6.54 Å². The lowest BCUT2D eigenvalue weighted by Crippen LogP contribution is -2.01. The Morgan fingerprint density at radius 2 is 2.10 bits per heavy atom. The molecule has 1 nitrogen and oxygen atoms in total. The molecule has 0 aromatic heterocycles. The average molecular weight is 142 g/mol. The van der Waals surface area contributed by atoms with Crippen LogP contribution in [-0.2, 0) is 6.54 Å². The van der Waals surface area contributed by atoms with Crippen LogP contribution in [0.5, 0.6) is 0 Å². The quantitative estimate of drug-likeness (QED) is 0.626. The Bertz CT molecular complexity index is 235. The second-order valence-corrected chi connectivity index (χ2v) is 1.85. The Hall–Kier alpha value is -0.960. The van der Waals surface area contributed by atoms with Crippen LogP contribution in [-0.4, -0.2) is 0 Å². The molecular formula is C7H6F2N. The van der Waals surface area contributed by atoms with Crippen LogP contribution in [0.3, 0.4) is 0 Å². The van der Waals surface area contributed by atoms with Gasteiger partial charge >= 0.3 is 0 Å². The normalized spacial score (nSPS) is 9.90. The first kappa shape index (κ1) is 7.15. The molecule has 0 spiro atoms. The number of nitrogens with two attached hydrogens (primary N) is 1. The molecule has 0 unspecified atom stereocenters. The second kappa shape index (κ2) is 2.75. The van der Waals surface area contributed by atoms with Gasteiger partial charge in [-0.15, -0.1) is 0 Å². The van der Waals surface area contributed by atoms with Crippen molar-refractivity contribution in [3.8, 4) is 0 Å². The van der Waals surface area contributed by atoms with E-state index in [0.29, 0.717) is 0 Å². The molecule has 53 valence electrons. The Morgan fingerprint density at radius 3 is 2.60 bits per heavy atom. The summed E-state index contributed by atoms with van der Waals surface area (Å²) in [6.07, 6.45) is 0. The summed E-state index contributed by atoms with van der Waals surface area (Å²) >= 11 is 0. The molecule has 0 fully saturated rings. The van der Waals surface area contributed by atoms with Crippen molar-refractivity contribution in [2.75, 3.05) is 0 Å². The first-order valence-electron chi connectivity index (χ1n) is 2.79. The van der Waals surface area contributed by atoms with E-state index in [4.69, 9.17) is 5.73 Å². The van der Waals surface area contributed by atoms with Gasteiger partial charge in [-0.3, -0.25) is 0 Å². The highest BCUT2D eigenvalue weighted by Crippen LogP contribution is 2.09. The zero-order valence-corrected chi connectivity index (χ0v) is 5.20. The molecule has 3 heteroatoms. The number of halogens is 2. The smallest absolute Gasteiger partial charge is 0.163 e. The van der Waals surface area contributed by atoms with Gasteiger partial charge in [0, 0.05) is 12.1 Å². The fourth-order valence-corrected chi connectivity index (χ4v) is 0.644. The summed E-state index contributed by atoms with van der Waals surface area (Å²) in [4.78, 5) is 0. The van der Waals surface area contributed by atoms with Gasteiger partial charge in [-0.25, -0.2) is 8.78 Å². The van der Waals surface area contributed by atoms with Crippen LogP contribution >= 0.6 is 0 Å². The zero-order valence-electron chi connectivity index (χ0n) is 5.20. The van der Waals surface area contributed by atoms with E-state index < -0.39 is 11.6 Å². The predicted molar refractivity (Wildman–Crippen MR) is 33.1 cm³/mol. The number of rotatable bonds is 1. The average Bonchev–Trinajstić information content (AvgIpc) is 1.95. The third-order valence-electron chi connectivity index (χ3n) is 1.18. The fraction of sp³-hybridized carbons (Fsp3) is 0.143. The fourth-order valence-electron chi connectivity index (χ4n) is 0.644. The van der Waals surface area contributed by atoms with Crippen LogP contribution in [0.25, 0.3) is 0 Å². The largest absolute Gasteiger partial charge is 0.326 e. The summed E-state index contributed by atoms with van der Waals surface area (Å²) < 4.78 is 24.8. The summed E-state index contributed by atoms with van der Waals surface area (Å²) in [5, 5.41) is 0. The van der Waals surface area contributed by atoms with Crippen molar-refractivity contribution in [1.82, 2.24) is 0 Å². The molecule has 1 radical (unpaired) electrons. The molecule has 0 saturated carbocycles. The highest BCUT2D eigenvalue weighted by Gasteiger charge is 2.04. The maximum Gasteiger partial charge on any atom is 0.163 e. The highest BCUT2D eigenvalue weighted by molar-refractivity contribution is 5.17. The molecule has 0 bridgehead atoms. The Balaban J connectivity index is 3.14. The lowest BCUT2D eigenvalue weighted by molar-refractivity contribution is 0.499. The Labute approximate surface area is 57.5 Å². The molecule has 0 saturated heterocycles. The van der Waals surface area contributed by atoms with Gasteiger partial charge in [-0.05, 0) is 18.2 Å². The lowest BCUT2D eigenvalue weighted by Gasteiger charge is -1.97. The number of hydrogen-bond acceptors (Lipinski definition) is 1. The van der Waals surface area contributed by atoms with Crippen molar-refractivity contribution < 1.29 is 8.78 Å². The molecule has 0 heterocycles. The van der Waals surface area contributed by atoms with E-state index in [1.165, 1.54) is 6.07 Å². The standard InChI is InChI=1S/C7H6F2N/c8-6-3-1-2-5(4-10)7(6)9/h2-3H,4,10H2. The first-order valence-corrected chi connectivity index (χ1v) is 2.79. The molecule has 0 amide bonds. The van der Waals surface area contributed by atoms with Crippen molar-refractivity contribution >= 4 is 0 Å². The molecule has 2 N–H and O–H groups in total. The molecule has 1 rings (SSSR count). The summed E-state index contributed by atoms with van der Waals surface area (Å²) in [7, 11) is 0. The third-order valence-corrected chi connectivity index (χ3v) is 1.18. The van der Waals surface area contributed by atoms with E-state index in [1.807, 2.05) is 0 Å². The van der Waals surface area contributed by atoms with E-state index in [1.54, 1.807) is 0 Å². The minimum Gasteiger partial charge on any atom is -0.326 e. The van der Waals surface area contributed by atoms with Gasteiger partial charge in [0.1, 0.15) is 0 Å². The summed E-state index contributed by atoms with van der Waals surface area (Å²) in [6.45, 7) is 0.0000926. The maximum atomic E-state index is 12.5. The van der Waals surface area contributed by atoms with E-state index >= 15 is 0 Å². The molecule has 0 aliphatic rings. The number of benzene rings is 1. The zero-order chi connectivity index (χ0) is 7.56. The predicted octanol–water partition coefficient (Wildman–Crippen LogP) is 1.22. The molecule has 1 aromatic rings. The van der Waals surface area contributed by atoms with E-state index in [2.05, 4.69) is 6.07 Å². The van der Waals surface area contributed by atoms with Crippen LogP contribution in [0.1, 0.15) is 5.56 Å². The molecule has 1 aromatic carbocycles. The monoisotopic (exact) mass is 142 g/mol. The van der Waals surface area contributed by atoms with Crippen LogP contribution in [0, 0.1) is 17.7 Å². The molecule has 0 aliphatic heterocycles. The second-order valence-electron chi connectivity index (χ2n) is 1.85. The minimum absolute atomic E-state index is 0.0000926. The van der Waals surface area contributed by atoms with Crippen molar-refractivity contribution in [2.24, 2.45) is 5.73 Å². The van der Waals surface area contributed by atoms with E-state index in [9.17, 15) is 8.78 Å². The van der Waals surface area contributed by atoms with Crippen LogP contribution < -0.4 is 5.73 Å². The third kappa shape index (κ3) is 1.14. The van der Waals surface area contributed by atoms with Gasteiger partial charge in [0.25, 0.3) is 0 Å². The first-order chi connectivity index (χ1) is 4.75. The summed E-state index contributed by atoms with van der Waals surface area (Å²) in [6, 6.07) is 4.70. The Kier molecular flexibility index (Phi) is 1.97. The van der Waals surface area contributed by atoms with Crippen molar-refractivity contribution in [1.29, 1.82) is 0 Å². The summed E-state index contributed by atoms with van der Waals surface area (Å²) in [5.41, 5.74) is 5.25. The van der Waals surface area contributed by atoms with Crippen molar-refractivity contribution in [3.63, 3.8) is 0 Å². The molecule has 10 heavy (non-hydrogen) atoms. The minimum atomic E-state index is -0.900. The molecule has 0 atom stereocenters. The van der Waals surface area contributed by atoms with E-state index in [0.717, 1.165) is 6.07 Å². The van der Waals surface area contributed by atoms with Gasteiger partial charge in [-0.1, -0.05) is 0 Å². The summed E-state index contributed by atoms with van der Waals surface area (Å²) in [5.74, 6) is -1.77. The van der Waals surface area contributed by atoms with Crippen LogP contribution in [0.2, 0.25) is 0 Å². The highest BCUT2D eigenvalue weighted by atomic mass is 19.2.